The standard InChI is InChI=1S/C18H24FN3O4S/c1-6-22(7-2)27(24,25)14-8-9-17(19)15(10-14)18(23)21(5)11-16-12(3)20-26-13(16)4/h8-10H,6-7,11H2,1-5H3. The van der Waals surface area contributed by atoms with Gasteiger partial charge in [-0.05, 0) is 32.0 Å². The lowest BCUT2D eigenvalue weighted by Gasteiger charge is -2.20. The monoisotopic (exact) mass is 397 g/mol. The minimum atomic E-state index is -3.79. The molecule has 7 nitrogen and oxygen atoms in total. The molecular weight excluding hydrogens is 373 g/mol. The zero-order valence-electron chi connectivity index (χ0n) is 16.1. The Morgan fingerprint density at radius 1 is 1.22 bits per heavy atom. The van der Waals surface area contributed by atoms with E-state index >= 15 is 0 Å². The van der Waals surface area contributed by atoms with E-state index in [9.17, 15) is 17.6 Å². The van der Waals surface area contributed by atoms with Crippen LogP contribution in [0, 0.1) is 19.7 Å². The van der Waals surface area contributed by atoms with Gasteiger partial charge >= 0.3 is 0 Å². The van der Waals surface area contributed by atoms with Gasteiger partial charge < -0.3 is 9.42 Å². The Bertz CT molecular complexity index is 917. The number of amides is 1. The Kier molecular flexibility index (Phi) is 6.38. The fraction of sp³-hybridized carbons (Fsp3) is 0.444. The Morgan fingerprint density at radius 3 is 2.37 bits per heavy atom. The van der Waals surface area contributed by atoms with Crippen LogP contribution in [-0.2, 0) is 16.6 Å². The van der Waals surface area contributed by atoms with E-state index in [4.69, 9.17) is 4.52 Å². The molecule has 0 aliphatic heterocycles. The molecule has 0 aliphatic carbocycles. The predicted octanol–water partition coefficient (Wildman–Crippen LogP) is 2.73. The highest BCUT2D eigenvalue weighted by molar-refractivity contribution is 7.89. The molecule has 1 aromatic heterocycles. The number of hydrogen-bond acceptors (Lipinski definition) is 5. The van der Waals surface area contributed by atoms with Crippen LogP contribution in [-0.4, -0.2) is 48.8 Å². The summed E-state index contributed by atoms with van der Waals surface area (Å²) in [4.78, 5) is 13.9. The number of rotatable bonds is 7. The smallest absolute Gasteiger partial charge is 0.256 e. The van der Waals surface area contributed by atoms with Gasteiger partial charge in [0.05, 0.1) is 22.7 Å². The lowest BCUT2D eigenvalue weighted by atomic mass is 10.1. The normalized spacial score (nSPS) is 11.8. The third kappa shape index (κ3) is 4.19. The van der Waals surface area contributed by atoms with Crippen molar-refractivity contribution in [2.75, 3.05) is 20.1 Å². The van der Waals surface area contributed by atoms with Crippen LogP contribution in [0.3, 0.4) is 0 Å². The second-order valence-electron chi connectivity index (χ2n) is 6.19. The van der Waals surface area contributed by atoms with Gasteiger partial charge in [0.2, 0.25) is 10.0 Å². The minimum Gasteiger partial charge on any atom is -0.361 e. The first-order valence-electron chi connectivity index (χ1n) is 8.60. The topological polar surface area (TPSA) is 83.7 Å². The highest BCUT2D eigenvalue weighted by atomic mass is 32.2. The van der Waals surface area contributed by atoms with Gasteiger partial charge in [0.15, 0.2) is 0 Å². The summed E-state index contributed by atoms with van der Waals surface area (Å²) in [7, 11) is -2.28. The molecule has 0 saturated heterocycles. The summed E-state index contributed by atoms with van der Waals surface area (Å²) in [6.07, 6.45) is 0. The number of aryl methyl sites for hydroxylation is 2. The summed E-state index contributed by atoms with van der Waals surface area (Å²) in [6, 6.07) is 3.27. The molecule has 0 atom stereocenters. The number of halogens is 1. The number of carbonyl (C=O) groups is 1. The summed E-state index contributed by atoms with van der Waals surface area (Å²) in [5.41, 5.74) is 1.08. The maximum Gasteiger partial charge on any atom is 0.256 e. The van der Waals surface area contributed by atoms with E-state index in [0.29, 0.717) is 11.5 Å². The first-order valence-corrected chi connectivity index (χ1v) is 10.0. The molecule has 0 spiro atoms. The van der Waals surface area contributed by atoms with Gasteiger partial charge in [-0.1, -0.05) is 19.0 Å². The van der Waals surface area contributed by atoms with E-state index in [0.717, 1.165) is 17.7 Å². The van der Waals surface area contributed by atoms with Crippen LogP contribution >= 0.6 is 0 Å². The average Bonchev–Trinajstić information content (AvgIpc) is 2.94. The molecule has 2 rings (SSSR count). The molecule has 0 unspecified atom stereocenters. The second kappa shape index (κ2) is 8.18. The largest absolute Gasteiger partial charge is 0.361 e. The van der Waals surface area contributed by atoms with Crippen molar-refractivity contribution in [2.45, 2.75) is 39.1 Å². The van der Waals surface area contributed by atoms with Gasteiger partial charge in [0.1, 0.15) is 11.6 Å². The summed E-state index contributed by atoms with van der Waals surface area (Å²) in [5.74, 6) is -0.821. The molecule has 1 heterocycles. The Morgan fingerprint density at radius 2 is 1.85 bits per heavy atom. The third-order valence-corrected chi connectivity index (χ3v) is 6.48. The molecule has 0 saturated carbocycles. The molecule has 1 amide bonds. The van der Waals surface area contributed by atoms with E-state index in [-0.39, 0.29) is 30.1 Å². The molecule has 9 heteroatoms. The lowest BCUT2D eigenvalue weighted by molar-refractivity contribution is 0.0779. The number of benzene rings is 1. The first-order chi connectivity index (χ1) is 12.6. The highest BCUT2D eigenvalue weighted by Gasteiger charge is 2.26. The summed E-state index contributed by atoms with van der Waals surface area (Å²) in [5, 5.41) is 3.83. The van der Waals surface area contributed by atoms with Crippen molar-refractivity contribution in [3.8, 4) is 0 Å². The van der Waals surface area contributed by atoms with Crippen molar-refractivity contribution in [3.63, 3.8) is 0 Å². The van der Waals surface area contributed by atoms with Crippen LogP contribution in [0.1, 0.15) is 41.2 Å². The van der Waals surface area contributed by atoms with Gasteiger partial charge in [-0.3, -0.25) is 4.79 Å². The molecular formula is C18H24FN3O4S. The SMILES string of the molecule is CCN(CC)S(=O)(=O)c1ccc(F)c(C(=O)N(C)Cc2c(C)noc2C)c1. The number of aromatic nitrogens is 1. The van der Waals surface area contributed by atoms with Gasteiger partial charge in [-0.2, -0.15) is 4.31 Å². The highest BCUT2D eigenvalue weighted by Crippen LogP contribution is 2.21. The molecule has 148 valence electrons. The van der Waals surface area contributed by atoms with Crippen molar-refractivity contribution in [3.05, 3.63) is 46.6 Å². The first kappa shape index (κ1) is 21.0. The number of nitrogens with zero attached hydrogens (tertiary/aromatic N) is 3. The van der Waals surface area contributed by atoms with Crippen LogP contribution in [0.5, 0.6) is 0 Å². The Labute approximate surface area is 158 Å². The van der Waals surface area contributed by atoms with Gasteiger partial charge in [-0.15, -0.1) is 0 Å². The maximum absolute atomic E-state index is 14.3. The zero-order valence-corrected chi connectivity index (χ0v) is 16.9. The Hall–Kier alpha value is -2.26. The van der Waals surface area contributed by atoms with E-state index in [2.05, 4.69) is 5.16 Å². The minimum absolute atomic E-state index is 0.110. The van der Waals surface area contributed by atoms with E-state index < -0.39 is 21.7 Å². The van der Waals surface area contributed by atoms with Crippen LogP contribution < -0.4 is 0 Å². The van der Waals surface area contributed by atoms with Crippen molar-refractivity contribution >= 4 is 15.9 Å². The maximum atomic E-state index is 14.3. The molecule has 0 N–H and O–H groups in total. The molecule has 27 heavy (non-hydrogen) atoms. The van der Waals surface area contributed by atoms with Gasteiger partial charge in [-0.25, -0.2) is 12.8 Å². The lowest BCUT2D eigenvalue weighted by Crippen LogP contribution is -2.31. The number of sulfonamides is 1. The van der Waals surface area contributed by atoms with E-state index in [1.54, 1.807) is 27.7 Å². The quantitative estimate of drug-likeness (QED) is 0.717. The fourth-order valence-corrected chi connectivity index (χ4v) is 4.27. The van der Waals surface area contributed by atoms with Crippen LogP contribution in [0.25, 0.3) is 0 Å². The van der Waals surface area contributed by atoms with Crippen LogP contribution in [0.2, 0.25) is 0 Å². The molecule has 1 aromatic carbocycles. The molecule has 0 bridgehead atoms. The Balaban J connectivity index is 2.36. The van der Waals surface area contributed by atoms with Crippen LogP contribution in [0.4, 0.5) is 4.39 Å². The molecule has 2 aromatic rings. The van der Waals surface area contributed by atoms with Crippen LogP contribution in [0.15, 0.2) is 27.6 Å². The van der Waals surface area contributed by atoms with Crippen molar-refractivity contribution in [1.29, 1.82) is 0 Å². The van der Waals surface area contributed by atoms with E-state index in [1.165, 1.54) is 22.3 Å². The van der Waals surface area contributed by atoms with Gasteiger partial charge in [0, 0.05) is 25.7 Å². The fourth-order valence-electron chi connectivity index (χ4n) is 2.78. The third-order valence-electron chi connectivity index (χ3n) is 4.43. The molecule has 0 fully saturated rings. The van der Waals surface area contributed by atoms with Crippen molar-refractivity contribution in [1.82, 2.24) is 14.4 Å². The van der Waals surface area contributed by atoms with Crippen molar-refractivity contribution < 1.29 is 22.1 Å². The average molecular weight is 397 g/mol. The summed E-state index contributed by atoms with van der Waals surface area (Å²) < 4.78 is 45.9. The summed E-state index contributed by atoms with van der Waals surface area (Å²) >= 11 is 0. The zero-order chi connectivity index (χ0) is 20.4. The number of hydrogen-bond donors (Lipinski definition) is 0. The van der Waals surface area contributed by atoms with Gasteiger partial charge in [0.25, 0.3) is 5.91 Å². The predicted molar refractivity (Wildman–Crippen MR) is 98.3 cm³/mol. The summed E-state index contributed by atoms with van der Waals surface area (Å²) in [6.45, 7) is 7.65. The number of carbonyl (C=O) groups excluding carboxylic acids is 1. The van der Waals surface area contributed by atoms with Crippen molar-refractivity contribution in [2.24, 2.45) is 0 Å². The second-order valence-corrected chi connectivity index (χ2v) is 8.13. The molecule has 0 aliphatic rings. The molecule has 0 radical (unpaired) electrons. The van der Waals surface area contributed by atoms with E-state index in [1.807, 2.05) is 0 Å².